The number of hydrogen-bond acceptors (Lipinski definition) is 5. The zero-order valence-corrected chi connectivity index (χ0v) is 24.3. The molecule has 1 N–H and O–H groups in total. The van der Waals surface area contributed by atoms with Gasteiger partial charge in [0.25, 0.3) is 0 Å². The Kier molecular flexibility index (Phi) is 11.7. The summed E-state index contributed by atoms with van der Waals surface area (Å²) >= 11 is 0. The van der Waals surface area contributed by atoms with Crippen molar-refractivity contribution in [1.82, 2.24) is 15.0 Å². The molecule has 4 unspecified atom stereocenters. The maximum atomic E-state index is 9.99. The fourth-order valence-electron chi connectivity index (χ4n) is 4.74. The van der Waals surface area contributed by atoms with Crippen LogP contribution in [0, 0.1) is 5.92 Å². The molecule has 1 aromatic carbocycles. The van der Waals surface area contributed by atoms with Crippen molar-refractivity contribution in [3.63, 3.8) is 0 Å². The Morgan fingerprint density at radius 3 is 2.46 bits per heavy atom. The van der Waals surface area contributed by atoms with Crippen LogP contribution in [-0.2, 0) is 9.47 Å². The lowest BCUT2D eigenvalue weighted by Gasteiger charge is -2.40. The van der Waals surface area contributed by atoms with Crippen LogP contribution in [0.2, 0.25) is 0 Å². The number of aliphatic hydroxyl groups excluding tert-OH is 1. The van der Waals surface area contributed by atoms with E-state index >= 15 is 0 Å². The Balaban J connectivity index is 0.000000403. The Labute approximate surface area is 234 Å². The van der Waals surface area contributed by atoms with E-state index in [9.17, 15) is 5.11 Å². The summed E-state index contributed by atoms with van der Waals surface area (Å²) in [7, 11) is 0. The number of hydrogen-bond donors (Lipinski definition) is 1. The molecule has 0 saturated carbocycles. The van der Waals surface area contributed by atoms with E-state index < -0.39 is 6.29 Å². The van der Waals surface area contributed by atoms with Crippen molar-refractivity contribution < 1.29 is 14.6 Å². The summed E-state index contributed by atoms with van der Waals surface area (Å²) in [5, 5.41) is 18.7. The van der Waals surface area contributed by atoms with Crippen LogP contribution in [0.5, 0.6) is 0 Å². The normalized spacial score (nSPS) is 22.0. The molecule has 0 spiro atoms. The highest BCUT2D eigenvalue weighted by Gasteiger charge is 2.38. The number of aromatic nitrogens is 3. The third-order valence-electron chi connectivity index (χ3n) is 6.96. The molecule has 1 aliphatic carbocycles. The number of rotatable bonds is 10. The Morgan fingerprint density at radius 2 is 1.82 bits per heavy atom. The lowest BCUT2D eigenvalue weighted by molar-refractivity contribution is -0.152. The Morgan fingerprint density at radius 1 is 1.10 bits per heavy atom. The summed E-state index contributed by atoms with van der Waals surface area (Å²) in [5.74, 6) is 0.0917. The van der Waals surface area contributed by atoms with E-state index in [4.69, 9.17) is 9.47 Å². The van der Waals surface area contributed by atoms with Gasteiger partial charge < -0.3 is 14.6 Å². The number of ether oxygens (including phenoxy) is 2. The summed E-state index contributed by atoms with van der Waals surface area (Å²) in [4.78, 5) is 0. The molecule has 0 radical (unpaired) electrons. The topological polar surface area (TPSA) is 69.4 Å². The molecule has 0 amide bonds. The van der Waals surface area contributed by atoms with Gasteiger partial charge in [-0.15, -0.1) is 18.3 Å². The van der Waals surface area contributed by atoms with E-state index in [0.717, 1.165) is 48.1 Å². The van der Waals surface area contributed by atoms with E-state index in [1.807, 2.05) is 54.2 Å². The Hall–Kier alpha value is -3.06. The van der Waals surface area contributed by atoms with Crippen molar-refractivity contribution in [3.8, 4) is 11.3 Å². The average Bonchev–Trinajstić information content (AvgIpc) is 3.38. The molecule has 6 heteroatoms. The average molecular weight is 532 g/mol. The smallest absolute Gasteiger partial charge is 0.177 e. The quantitative estimate of drug-likeness (QED) is 0.324. The molecule has 2 aliphatic rings. The van der Waals surface area contributed by atoms with Crippen molar-refractivity contribution in [2.24, 2.45) is 5.92 Å². The standard InChI is InChI=1S/C24H29N3O3.C9H16/c1-16(2)9-10-29-24-12-19(15-28)20-13-22(17(3)11-23(20)30-24)27-14-21(25-26-27)18-7-5-4-6-8-18;1-8(2)6-5-7-9(3)4/h4-8,11-12,14,20,22-24,28H,1,9-10,13,15H2,2-3H3;7H,1,5-6H2,2-4H3. The van der Waals surface area contributed by atoms with Crippen LogP contribution in [0.15, 0.2) is 95.8 Å². The molecular formula is C33H45N3O3. The van der Waals surface area contributed by atoms with Crippen molar-refractivity contribution in [2.75, 3.05) is 13.2 Å². The highest BCUT2D eigenvalue weighted by molar-refractivity contribution is 5.57. The van der Waals surface area contributed by atoms with Gasteiger partial charge in [-0.25, -0.2) is 4.68 Å². The van der Waals surface area contributed by atoms with Gasteiger partial charge in [0.15, 0.2) is 6.29 Å². The first-order valence-corrected chi connectivity index (χ1v) is 13.8. The molecule has 4 rings (SSSR count). The first-order valence-electron chi connectivity index (χ1n) is 13.8. The van der Waals surface area contributed by atoms with Crippen LogP contribution in [0.4, 0.5) is 0 Å². The van der Waals surface area contributed by atoms with Crippen molar-refractivity contribution >= 4 is 0 Å². The molecule has 6 nitrogen and oxygen atoms in total. The van der Waals surface area contributed by atoms with Gasteiger partial charge in [0.1, 0.15) is 5.69 Å². The fourth-order valence-corrected chi connectivity index (χ4v) is 4.74. The van der Waals surface area contributed by atoms with Gasteiger partial charge in [-0.05, 0) is 72.0 Å². The van der Waals surface area contributed by atoms with Gasteiger partial charge in [0.2, 0.25) is 0 Å². The monoisotopic (exact) mass is 531 g/mol. The van der Waals surface area contributed by atoms with Gasteiger partial charge in [-0.3, -0.25) is 0 Å². The predicted octanol–water partition coefficient (Wildman–Crippen LogP) is 7.39. The molecule has 1 aromatic heterocycles. The van der Waals surface area contributed by atoms with Gasteiger partial charge in [0, 0.05) is 11.5 Å². The van der Waals surface area contributed by atoms with E-state index in [0.29, 0.717) is 6.61 Å². The van der Waals surface area contributed by atoms with Crippen LogP contribution in [0.1, 0.15) is 66.3 Å². The van der Waals surface area contributed by atoms with Crippen molar-refractivity contribution in [2.45, 2.75) is 78.7 Å². The molecule has 210 valence electrons. The zero-order valence-electron chi connectivity index (χ0n) is 24.3. The van der Waals surface area contributed by atoms with Crippen LogP contribution < -0.4 is 0 Å². The van der Waals surface area contributed by atoms with Gasteiger partial charge in [-0.1, -0.05) is 70.0 Å². The maximum absolute atomic E-state index is 9.99. The summed E-state index contributed by atoms with van der Waals surface area (Å²) < 4.78 is 13.9. The number of fused-ring (bicyclic) bond motifs is 1. The molecule has 0 fully saturated rings. The third-order valence-corrected chi connectivity index (χ3v) is 6.96. The largest absolute Gasteiger partial charge is 0.392 e. The lowest BCUT2D eigenvalue weighted by Crippen LogP contribution is -2.40. The maximum Gasteiger partial charge on any atom is 0.177 e. The van der Waals surface area contributed by atoms with Gasteiger partial charge >= 0.3 is 0 Å². The van der Waals surface area contributed by atoms with Crippen LogP contribution in [-0.4, -0.2) is 45.7 Å². The first-order chi connectivity index (χ1) is 18.7. The minimum Gasteiger partial charge on any atom is -0.392 e. The summed E-state index contributed by atoms with van der Waals surface area (Å²) in [6, 6.07) is 10.1. The van der Waals surface area contributed by atoms with E-state index in [1.165, 1.54) is 16.7 Å². The van der Waals surface area contributed by atoms with E-state index in [1.54, 1.807) is 0 Å². The minimum atomic E-state index is -0.440. The number of benzene rings is 1. The lowest BCUT2D eigenvalue weighted by atomic mass is 9.78. The summed E-state index contributed by atoms with van der Waals surface area (Å²) in [6.45, 7) is 18.7. The molecule has 0 bridgehead atoms. The van der Waals surface area contributed by atoms with Crippen LogP contribution in [0.3, 0.4) is 0 Å². The fraction of sp³-hybridized carbons (Fsp3) is 0.455. The second-order valence-electron chi connectivity index (χ2n) is 10.9. The highest BCUT2D eigenvalue weighted by atomic mass is 16.7. The second kappa shape index (κ2) is 14.9. The van der Waals surface area contributed by atoms with E-state index in [-0.39, 0.29) is 24.7 Å². The molecule has 0 saturated heterocycles. The molecule has 4 atom stereocenters. The van der Waals surface area contributed by atoms with Crippen molar-refractivity contribution in [1.29, 1.82) is 0 Å². The minimum absolute atomic E-state index is 0.00287. The first kappa shape index (κ1) is 30.5. The molecule has 1 aliphatic heterocycles. The number of allylic oxidation sites excluding steroid dienone is 4. The van der Waals surface area contributed by atoms with E-state index in [2.05, 4.69) is 63.3 Å². The van der Waals surface area contributed by atoms with Crippen LogP contribution in [0.25, 0.3) is 11.3 Å². The SMILES string of the molecule is C=C(C)CCC=C(C)C.C=C(C)CCOC1C=C(CO)C2CC(n3cc(-c4ccccc4)nn3)C(C)=CC2O1. The Bertz CT molecular complexity index is 1190. The number of aliphatic hydroxyl groups is 1. The molecule has 2 heterocycles. The highest BCUT2D eigenvalue weighted by Crippen LogP contribution is 2.40. The predicted molar refractivity (Wildman–Crippen MR) is 159 cm³/mol. The number of nitrogens with zero attached hydrogens (tertiary/aromatic N) is 3. The van der Waals surface area contributed by atoms with Crippen LogP contribution >= 0.6 is 0 Å². The third kappa shape index (κ3) is 9.27. The zero-order chi connectivity index (χ0) is 28.4. The summed E-state index contributed by atoms with van der Waals surface area (Å²) in [6.07, 6.45) is 11.6. The van der Waals surface area contributed by atoms with Gasteiger partial charge in [0.05, 0.1) is 31.6 Å². The van der Waals surface area contributed by atoms with Gasteiger partial charge in [-0.2, -0.15) is 0 Å². The molecule has 39 heavy (non-hydrogen) atoms. The molecular weight excluding hydrogens is 486 g/mol. The van der Waals surface area contributed by atoms with Crippen molar-refractivity contribution in [3.05, 3.63) is 95.8 Å². The summed E-state index contributed by atoms with van der Waals surface area (Å²) in [5.41, 5.74) is 7.79. The second-order valence-corrected chi connectivity index (χ2v) is 10.9. The molecule has 2 aromatic rings.